The minimum absolute atomic E-state index is 0.108. The van der Waals surface area contributed by atoms with E-state index in [0.717, 1.165) is 20.2 Å². The van der Waals surface area contributed by atoms with Crippen molar-refractivity contribution in [3.8, 4) is 11.5 Å². The van der Waals surface area contributed by atoms with Gasteiger partial charge in [-0.05, 0) is 73.8 Å². The van der Waals surface area contributed by atoms with Gasteiger partial charge in [0.05, 0.1) is 16.6 Å². The molecule has 0 aliphatic rings. The van der Waals surface area contributed by atoms with Crippen molar-refractivity contribution >= 4 is 49.1 Å². The van der Waals surface area contributed by atoms with Crippen LogP contribution < -0.4 is 14.8 Å². The molecule has 0 aromatic heterocycles. The lowest BCUT2D eigenvalue weighted by atomic mass is 10.2. The van der Waals surface area contributed by atoms with E-state index in [2.05, 4.69) is 37.2 Å². The van der Waals surface area contributed by atoms with Crippen LogP contribution in [0.5, 0.6) is 11.5 Å². The van der Waals surface area contributed by atoms with Crippen LogP contribution in [0, 0.1) is 5.82 Å². The molecule has 7 heteroatoms. The van der Waals surface area contributed by atoms with Crippen LogP contribution in [0.25, 0.3) is 0 Å². The van der Waals surface area contributed by atoms with Gasteiger partial charge in [0.25, 0.3) is 0 Å². The van der Waals surface area contributed by atoms with Crippen LogP contribution in [-0.2, 0) is 13.2 Å². The fourth-order valence-corrected chi connectivity index (χ4v) is 3.62. The molecule has 0 amide bonds. The molecule has 0 atom stereocenters. The van der Waals surface area contributed by atoms with Crippen molar-refractivity contribution in [1.82, 2.24) is 0 Å². The summed E-state index contributed by atoms with van der Waals surface area (Å²) in [5.74, 6) is 0.795. The van der Waals surface area contributed by atoms with Crippen LogP contribution in [0.3, 0.4) is 0 Å². The third-order valence-electron chi connectivity index (χ3n) is 4.04. The zero-order chi connectivity index (χ0) is 20.1. The second-order valence-corrected chi connectivity index (χ2v) is 8.09. The summed E-state index contributed by atoms with van der Waals surface area (Å²) in [5, 5.41) is 3.96. The molecule has 3 nitrogen and oxygen atoms in total. The molecule has 0 aliphatic heterocycles. The summed E-state index contributed by atoms with van der Waals surface area (Å²) in [6, 6.07) is 16.0. The lowest BCUT2D eigenvalue weighted by Crippen LogP contribution is -2.03. The number of hydrogen-bond acceptors (Lipinski definition) is 3. The van der Waals surface area contributed by atoms with E-state index in [-0.39, 0.29) is 12.4 Å². The number of halogens is 4. The number of hydrogen-bond donors (Lipinski definition) is 1. The van der Waals surface area contributed by atoms with E-state index < -0.39 is 0 Å². The van der Waals surface area contributed by atoms with E-state index in [1.54, 1.807) is 25.3 Å². The van der Waals surface area contributed by atoms with E-state index in [4.69, 9.17) is 21.1 Å². The van der Waals surface area contributed by atoms with Gasteiger partial charge in [0.1, 0.15) is 12.4 Å². The number of benzene rings is 3. The monoisotopic (exact) mass is 527 g/mol. The molecule has 0 spiro atoms. The van der Waals surface area contributed by atoms with Gasteiger partial charge in [0.2, 0.25) is 0 Å². The zero-order valence-electron chi connectivity index (χ0n) is 14.9. The van der Waals surface area contributed by atoms with Crippen molar-refractivity contribution in [3.05, 3.63) is 85.5 Å². The van der Waals surface area contributed by atoms with Gasteiger partial charge in [-0.25, -0.2) is 4.39 Å². The molecule has 0 heterocycles. The fourth-order valence-electron chi connectivity index (χ4n) is 2.59. The quantitative estimate of drug-likeness (QED) is 0.351. The number of rotatable bonds is 7. The van der Waals surface area contributed by atoms with Crippen molar-refractivity contribution in [2.75, 3.05) is 12.4 Å². The molecule has 3 rings (SSSR count). The molecular weight excluding hydrogens is 512 g/mol. The van der Waals surface area contributed by atoms with Gasteiger partial charge < -0.3 is 14.8 Å². The van der Waals surface area contributed by atoms with Gasteiger partial charge in [-0.1, -0.05) is 29.8 Å². The maximum absolute atomic E-state index is 13.8. The third-order valence-corrected chi connectivity index (χ3v) is 5.86. The molecule has 146 valence electrons. The van der Waals surface area contributed by atoms with Crippen LogP contribution in [0.1, 0.15) is 11.1 Å². The number of ether oxygens (including phenoxy) is 2. The molecule has 3 aromatic carbocycles. The topological polar surface area (TPSA) is 30.5 Å². The lowest BCUT2D eigenvalue weighted by molar-refractivity contribution is 0.277. The minimum Gasteiger partial charge on any atom is -0.493 e. The predicted molar refractivity (Wildman–Crippen MR) is 118 cm³/mol. The van der Waals surface area contributed by atoms with Gasteiger partial charge in [0, 0.05) is 22.3 Å². The first-order valence-corrected chi connectivity index (χ1v) is 10.4. The Labute approximate surface area is 185 Å². The standard InChI is InChI=1S/C21H17Br2ClFNO2/c1-27-20-9-13(11-26-15-6-7-16(22)18(24)10-15)8-17(23)21(20)28-12-14-4-2-3-5-19(14)25/h2-10,26H,11-12H2,1H3. The molecule has 0 fully saturated rings. The summed E-state index contributed by atoms with van der Waals surface area (Å²) in [6.07, 6.45) is 0. The van der Waals surface area contributed by atoms with Gasteiger partial charge in [-0.15, -0.1) is 0 Å². The summed E-state index contributed by atoms with van der Waals surface area (Å²) >= 11 is 13.0. The molecular formula is C21H17Br2ClFNO2. The summed E-state index contributed by atoms with van der Waals surface area (Å²) in [7, 11) is 1.57. The Morgan fingerprint density at radius 1 is 1.04 bits per heavy atom. The molecule has 0 saturated heterocycles. The van der Waals surface area contributed by atoms with Gasteiger partial charge in [0.15, 0.2) is 11.5 Å². The average molecular weight is 530 g/mol. The molecule has 3 aromatic rings. The SMILES string of the molecule is COc1cc(CNc2ccc(Br)c(Cl)c2)cc(Br)c1OCc1ccccc1F. The lowest BCUT2D eigenvalue weighted by Gasteiger charge is -2.15. The highest BCUT2D eigenvalue weighted by molar-refractivity contribution is 9.10. The maximum Gasteiger partial charge on any atom is 0.175 e. The van der Waals surface area contributed by atoms with E-state index in [1.807, 2.05) is 30.3 Å². The summed E-state index contributed by atoms with van der Waals surface area (Å²) in [5.41, 5.74) is 2.37. The molecule has 0 radical (unpaired) electrons. The number of methoxy groups -OCH3 is 1. The fraction of sp³-hybridized carbons (Fsp3) is 0.143. The molecule has 0 aliphatic carbocycles. The molecule has 1 N–H and O–H groups in total. The van der Waals surface area contributed by atoms with Gasteiger partial charge in [-0.3, -0.25) is 0 Å². The largest absolute Gasteiger partial charge is 0.493 e. The van der Waals surface area contributed by atoms with Crippen molar-refractivity contribution in [2.24, 2.45) is 0 Å². The minimum atomic E-state index is -0.299. The van der Waals surface area contributed by atoms with Crippen molar-refractivity contribution in [3.63, 3.8) is 0 Å². The third kappa shape index (κ3) is 5.19. The summed E-state index contributed by atoms with van der Waals surface area (Å²) in [6.45, 7) is 0.678. The zero-order valence-corrected chi connectivity index (χ0v) is 18.9. The highest BCUT2D eigenvalue weighted by Crippen LogP contribution is 2.37. The van der Waals surface area contributed by atoms with Crippen LogP contribution in [0.4, 0.5) is 10.1 Å². The number of anilines is 1. The average Bonchev–Trinajstić information content (AvgIpc) is 2.68. The Balaban J connectivity index is 1.73. The first-order valence-electron chi connectivity index (χ1n) is 8.39. The smallest absolute Gasteiger partial charge is 0.175 e. The Morgan fingerprint density at radius 3 is 2.54 bits per heavy atom. The van der Waals surface area contributed by atoms with Crippen molar-refractivity contribution in [1.29, 1.82) is 0 Å². The van der Waals surface area contributed by atoms with E-state index in [0.29, 0.717) is 28.6 Å². The summed E-state index contributed by atoms with van der Waals surface area (Å²) in [4.78, 5) is 0. The first kappa shape index (κ1) is 21.0. The summed E-state index contributed by atoms with van der Waals surface area (Å²) < 4.78 is 26.7. The van der Waals surface area contributed by atoms with E-state index in [9.17, 15) is 4.39 Å². The second kappa shape index (κ2) is 9.63. The maximum atomic E-state index is 13.8. The van der Waals surface area contributed by atoms with Gasteiger partial charge >= 0.3 is 0 Å². The first-order chi connectivity index (χ1) is 13.5. The Kier molecular flexibility index (Phi) is 7.21. The predicted octanol–water partition coefficient (Wildman–Crippen LogP) is 7.20. The molecule has 28 heavy (non-hydrogen) atoms. The normalized spacial score (nSPS) is 10.6. The Bertz CT molecular complexity index is 985. The van der Waals surface area contributed by atoms with Gasteiger partial charge in [-0.2, -0.15) is 0 Å². The van der Waals surface area contributed by atoms with Crippen molar-refractivity contribution < 1.29 is 13.9 Å². The molecule has 0 unspecified atom stereocenters. The second-order valence-electron chi connectivity index (χ2n) is 5.97. The molecule has 0 saturated carbocycles. The van der Waals surface area contributed by atoms with Crippen molar-refractivity contribution in [2.45, 2.75) is 13.2 Å². The Hall–Kier alpha value is -1.76. The van der Waals surface area contributed by atoms with Crippen LogP contribution >= 0.6 is 43.5 Å². The Morgan fingerprint density at radius 2 is 1.82 bits per heavy atom. The van der Waals surface area contributed by atoms with Crippen LogP contribution in [-0.4, -0.2) is 7.11 Å². The van der Waals surface area contributed by atoms with E-state index >= 15 is 0 Å². The molecule has 0 bridgehead atoms. The van der Waals surface area contributed by atoms with E-state index in [1.165, 1.54) is 6.07 Å². The number of nitrogens with one attached hydrogen (secondary N) is 1. The van der Waals surface area contributed by atoms with Crippen LogP contribution in [0.15, 0.2) is 63.5 Å². The highest BCUT2D eigenvalue weighted by atomic mass is 79.9. The highest BCUT2D eigenvalue weighted by Gasteiger charge is 2.13. The van der Waals surface area contributed by atoms with Crippen LogP contribution in [0.2, 0.25) is 5.02 Å².